The number of nitrogens with zero attached hydrogens (tertiary/aromatic N) is 2. The molecule has 1 aliphatic rings. The van der Waals surface area contributed by atoms with Crippen LogP contribution in [0.15, 0.2) is 46.9 Å². The van der Waals surface area contributed by atoms with Crippen LogP contribution in [0.3, 0.4) is 0 Å². The van der Waals surface area contributed by atoms with Crippen molar-refractivity contribution in [2.24, 2.45) is 0 Å². The van der Waals surface area contributed by atoms with E-state index in [0.29, 0.717) is 58.2 Å². The van der Waals surface area contributed by atoms with Crippen LogP contribution in [-0.2, 0) is 24.2 Å². The number of fused-ring (bicyclic) bond motifs is 1. The first-order valence-corrected chi connectivity index (χ1v) is 16.5. The molecule has 1 atom stereocenters. The van der Waals surface area contributed by atoms with Crippen LogP contribution >= 0.6 is 15.9 Å². The molecule has 1 amide bonds. The fourth-order valence-corrected chi connectivity index (χ4v) is 6.73. The van der Waals surface area contributed by atoms with Crippen molar-refractivity contribution in [2.45, 2.75) is 67.0 Å². The van der Waals surface area contributed by atoms with E-state index in [2.05, 4.69) is 71.1 Å². The zero-order valence-corrected chi connectivity index (χ0v) is 28.9. The van der Waals surface area contributed by atoms with E-state index in [0.717, 1.165) is 39.3 Å². The molecule has 0 aliphatic carbocycles. The van der Waals surface area contributed by atoms with Gasteiger partial charge in [-0.1, -0.05) is 22.0 Å². The fraction of sp³-hybridized carbons (Fsp3) is 0.472. The smallest absolute Gasteiger partial charge is 0.237 e. The van der Waals surface area contributed by atoms with Crippen molar-refractivity contribution in [1.82, 2.24) is 9.80 Å². The van der Waals surface area contributed by atoms with E-state index in [1.54, 1.807) is 0 Å². The number of aryl methyl sites for hydroxylation is 2. The van der Waals surface area contributed by atoms with Crippen LogP contribution in [-0.4, -0.2) is 62.3 Å². The maximum absolute atomic E-state index is 14.1. The van der Waals surface area contributed by atoms with Gasteiger partial charge in [-0.05, 0) is 131 Å². The molecule has 0 fully saturated rings. The number of amides is 1. The van der Waals surface area contributed by atoms with Gasteiger partial charge in [0.1, 0.15) is 0 Å². The number of carbonyl (C=O) groups is 1. The number of hydrogen-bond donors (Lipinski definition) is 0. The highest BCUT2D eigenvalue weighted by atomic mass is 79.9. The number of halogens is 1. The third kappa shape index (κ3) is 8.07. The summed E-state index contributed by atoms with van der Waals surface area (Å²) in [5, 5.41) is 0. The second kappa shape index (κ2) is 15.7. The summed E-state index contributed by atoms with van der Waals surface area (Å²) >= 11 is 3.60. The number of rotatable bonds is 14. The Morgan fingerprint density at radius 3 is 2.02 bits per heavy atom. The van der Waals surface area contributed by atoms with Gasteiger partial charge < -0.3 is 23.8 Å². The lowest BCUT2D eigenvalue weighted by atomic mass is 9.88. The van der Waals surface area contributed by atoms with Gasteiger partial charge in [0.2, 0.25) is 5.91 Å². The molecule has 0 bridgehead atoms. The quantitative estimate of drug-likeness (QED) is 0.178. The zero-order valence-electron chi connectivity index (χ0n) is 27.3. The molecular formula is C36H47BrN2O5. The first kappa shape index (κ1) is 33.7. The summed E-state index contributed by atoms with van der Waals surface area (Å²) < 4.78 is 24.8. The van der Waals surface area contributed by atoms with E-state index in [4.69, 9.17) is 18.9 Å². The lowest BCUT2D eigenvalue weighted by molar-refractivity contribution is -0.135. The van der Waals surface area contributed by atoms with Gasteiger partial charge in [-0.3, -0.25) is 9.69 Å². The molecule has 0 N–H and O–H groups in total. The summed E-state index contributed by atoms with van der Waals surface area (Å²) in [5.74, 6) is 3.04. The van der Waals surface area contributed by atoms with Crippen LogP contribution in [0.2, 0.25) is 0 Å². The van der Waals surface area contributed by atoms with Gasteiger partial charge in [0.05, 0.1) is 39.0 Å². The molecule has 3 aromatic carbocycles. The highest BCUT2D eigenvalue weighted by Crippen LogP contribution is 2.41. The van der Waals surface area contributed by atoms with Gasteiger partial charge in [-0.2, -0.15) is 0 Å². The van der Waals surface area contributed by atoms with Crippen molar-refractivity contribution >= 4 is 21.8 Å². The van der Waals surface area contributed by atoms with Crippen LogP contribution in [0, 0.1) is 13.8 Å². The molecule has 0 radical (unpaired) electrons. The van der Waals surface area contributed by atoms with Crippen LogP contribution < -0.4 is 18.9 Å². The second-order valence-corrected chi connectivity index (χ2v) is 12.2. The van der Waals surface area contributed by atoms with Crippen molar-refractivity contribution in [1.29, 1.82) is 0 Å². The number of likely N-dealkylation sites (N-methyl/N-ethyl adjacent to an activating group) is 1. The molecule has 1 aliphatic heterocycles. The molecule has 1 unspecified atom stereocenters. The van der Waals surface area contributed by atoms with Gasteiger partial charge in [-0.15, -0.1) is 0 Å². The van der Waals surface area contributed by atoms with Gasteiger partial charge >= 0.3 is 0 Å². The Morgan fingerprint density at radius 1 is 0.841 bits per heavy atom. The molecule has 3 aromatic rings. The first-order valence-electron chi connectivity index (χ1n) is 15.7. The van der Waals surface area contributed by atoms with E-state index in [9.17, 15) is 4.79 Å². The number of carbonyl (C=O) groups excluding carboxylic acids is 1. The minimum atomic E-state index is -0.168. The molecule has 44 heavy (non-hydrogen) atoms. The van der Waals surface area contributed by atoms with E-state index < -0.39 is 0 Å². The van der Waals surface area contributed by atoms with Crippen LogP contribution in [0.25, 0.3) is 0 Å². The molecule has 4 rings (SSSR count). The molecule has 7 nitrogen and oxygen atoms in total. The van der Waals surface area contributed by atoms with E-state index in [1.165, 1.54) is 22.3 Å². The van der Waals surface area contributed by atoms with Gasteiger partial charge in [0.15, 0.2) is 23.0 Å². The third-order valence-corrected chi connectivity index (χ3v) is 8.47. The van der Waals surface area contributed by atoms with Crippen molar-refractivity contribution in [3.63, 3.8) is 0 Å². The Bertz CT molecular complexity index is 1420. The van der Waals surface area contributed by atoms with E-state index in [1.807, 2.05) is 45.7 Å². The SMILES string of the molecule is CCOc1ccc(CC2c3cc(OCC)c(OCC)cc3CCN2C(=O)CN(C)Cc2c(C)cc(Br)cc2C)cc1OCC. The molecular weight excluding hydrogens is 620 g/mol. The number of ether oxygens (including phenoxy) is 4. The Kier molecular flexibility index (Phi) is 12.0. The number of hydrogen-bond acceptors (Lipinski definition) is 6. The predicted molar refractivity (Wildman–Crippen MR) is 179 cm³/mol. The summed E-state index contributed by atoms with van der Waals surface area (Å²) in [6.07, 6.45) is 1.39. The lowest BCUT2D eigenvalue weighted by Crippen LogP contribution is -2.45. The number of benzene rings is 3. The minimum Gasteiger partial charge on any atom is -0.490 e. The summed E-state index contributed by atoms with van der Waals surface area (Å²) in [7, 11) is 2.02. The van der Waals surface area contributed by atoms with Gasteiger partial charge in [-0.25, -0.2) is 0 Å². The molecule has 0 saturated carbocycles. The normalized spacial score (nSPS) is 14.4. The molecule has 0 saturated heterocycles. The predicted octanol–water partition coefficient (Wildman–Crippen LogP) is 7.46. The van der Waals surface area contributed by atoms with E-state index >= 15 is 0 Å². The maximum atomic E-state index is 14.1. The van der Waals surface area contributed by atoms with Crippen LogP contribution in [0.4, 0.5) is 0 Å². The zero-order chi connectivity index (χ0) is 31.8. The van der Waals surface area contributed by atoms with Crippen molar-refractivity contribution < 1.29 is 23.7 Å². The average Bonchev–Trinajstić information content (AvgIpc) is 2.97. The van der Waals surface area contributed by atoms with Crippen LogP contribution in [0.5, 0.6) is 23.0 Å². The average molecular weight is 668 g/mol. The highest BCUT2D eigenvalue weighted by molar-refractivity contribution is 9.10. The molecule has 8 heteroatoms. The molecule has 1 heterocycles. The van der Waals surface area contributed by atoms with Crippen molar-refractivity contribution in [3.05, 3.63) is 80.3 Å². The fourth-order valence-electron chi connectivity index (χ4n) is 6.05. The van der Waals surface area contributed by atoms with Crippen LogP contribution in [0.1, 0.15) is 67.1 Å². The molecule has 238 valence electrons. The Labute approximate surface area is 271 Å². The van der Waals surface area contributed by atoms with E-state index in [-0.39, 0.29) is 11.9 Å². The Morgan fingerprint density at radius 2 is 1.41 bits per heavy atom. The topological polar surface area (TPSA) is 60.5 Å². The summed E-state index contributed by atoms with van der Waals surface area (Å²) in [4.78, 5) is 18.3. The minimum absolute atomic E-state index is 0.110. The second-order valence-electron chi connectivity index (χ2n) is 11.3. The summed E-state index contributed by atoms with van der Waals surface area (Å²) in [5.41, 5.74) is 7.06. The molecule has 0 spiro atoms. The summed E-state index contributed by atoms with van der Waals surface area (Å²) in [6.45, 7) is 16.0. The maximum Gasteiger partial charge on any atom is 0.237 e. The molecule has 0 aromatic heterocycles. The van der Waals surface area contributed by atoms with Crippen molar-refractivity contribution in [2.75, 3.05) is 46.6 Å². The highest BCUT2D eigenvalue weighted by Gasteiger charge is 2.33. The monoisotopic (exact) mass is 666 g/mol. The Balaban J connectivity index is 1.67. The van der Waals surface area contributed by atoms with Gasteiger partial charge in [0, 0.05) is 17.6 Å². The third-order valence-electron chi connectivity index (χ3n) is 8.01. The van der Waals surface area contributed by atoms with Crippen molar-refractivity contribution in [3.8, 4) is 23.0 Å². The lowest BCUT2D eigenvalue weighted by Gasteiger charge is -2.39. The summed E-state index contributed by atoms with van der Waals surface area (Å²) in [6, 6.07) is 14.4. The van der Waals surface area contributed by atoms with Gasteiger partial charge in [0.25, 0.3) is 0 Å². The first-order chi connectivity index (χ1) is 21.2. The standard InChI is InChI=1S/C36H47BrN2O5/c1-8-41-32-13-12-26(19-33(32)42-9-2)18-31-29-21-35(44-11-4)34(43-10-3)20-27(29)14-15-39(31)36(40)23-38(7)22-30-24(5)16-28(37)17-25(30)6/h12-13,16-17,19-21,31H,8-11,14-15,18,22-23H2,1-7H3. The largest absolute Gasteiger partial charge is 0.490 e. The Hall–Kier alpha value is -3.23.